The number of imidazole rings is 1. The van der Waals surface area contributed by atoms with Crippen molar-refractivity contribution in [3.8, 4) is 0 Å². The maximum atomic E-state index is 12.1. The fraction of sp³-hybridized carbons (Fsp3) is 0.615. The molecule has 2 rings (SSSR count). The van der Waals surface area contributed by atoms with Crippen LogP contribution in [0.25, 0.3) is 0 Å². The fourth-order valence-corrected chi connectivity index (χ4v) is 2.63. The van der Waals surface area contributed by atoms with E-state index in [1.165, 1.54) is 6.20 Å². The maximum Gasteiger partial charge on any atom is 0.311 e. The third-order valence-corrected chi connectivity index (χ3v) is 4.05. The van der Waals surface area contributed by atoms with E-state index < -0.39 is 11.4 Å². The predicted molar refractivity (Wildman–Crippen MR) is 68.7 cm³/mol. The Bertz CT molecular complexity index is 497. The van der Waals surface area contributed by atoms with Gasteiger partial charge >= 0.3 is 5.97 Å². The van der Waals surface area contributed by atoms with Crippen molar-refractivity contribution in [1.82, 2.24) is 14.9 Å². The summed E-state index contributed by atoms with van der Waals surface area (Å²) in [6.45, 7) is 1.71. The molecule has 2 unspecified atom stereocenters. The van der Waals surface area contributed by atoms with Gasteiger partial charge in [-0.1, -0.05) is 12.8 Å². The first-order chi connectivity index (χ1) is 8.95. The molecule has 1 fully saturated rings. The van der Waals surface area contributed by atoms with Crippen LogP contribution in [-0.4, -0.2) is 32.6 Å². The van der Waals surface area contributed by atoms with Crippen LogP contribution in [0.1, 0.15) is 43.1 Å². The van der Waals surface area contributed by atoms with Gasteiger partial charge in [0.2, 0.25) is 0 Å². The molecule has 1 amide bonds. The first kappa shape index (κ1) is 13.6. The zero-order chi connectivity index (χ0) is 14.0. The van der Waals surface area contributed by atoms with Crippen LogP contribution in [-0.2, 0) is 11.8 Å². The number of hydrogen-bond donors (Lipinski definition) is 2. The van der Waals surface area contributed by atoms with Gasteiger partial charge in [-0.3, -0.25) is 9.59 Å². The van der Waals surface area contributed by atoms with E-state index in [9.17, 15) is 14.7 Å². The van der Waals surface area contributed by atoms with E-state index in [4.69, 9.17) is 0 Å². The highest BCUT2D eigenvalue weighted by Gasteiger charge is 2.44. The summed E-state index contributed by atoms with van der Waals surface area (Å²) >= 11 is 0. The van der Waals surface area contributed by atoms with E-state index >= 15 is 0 Å². The standard InChI is InChI=1S/C13H19N3O3/c1-13(12(18)19)6-4-3-5-10(13)15-11(17)9-7-14-8-16(9)2/h7-8,10H,3-6H2,1-2H3,(H,15,17)(H,18,19). The minimum atomic E-state index is -0.882. The van der Waals surface area contributed by atoms with Gasteiger partial charge < -0.3 is 15.0 Å². The summed E-state index contributed by atoms with van der Waals surface area (Å²) in [6.07, 6.45) is 6.16. The van der Waals surface area contributed by atoms with Crippen LogP contribution in [0.4, 0.5) is 0 Å². The van der Waals surface area contributed by atoms with Crippen molar-refractivity contribution in [1.29, 1.82) is 0 Å². The summed E-state index contributed by atoms with van der Waals surface area (Å²) in [7, 11) is 1.74. The molecule has 104 valence electrons. The van der Waals surface area contributed by atoms with Crippen molar-refractivity contribution >= 4 is 11.9 Å². The second kappa shape index (κ2) is 5.03. The smallest absolute Gasteiger partial charge is 0.311 e. The van der Waals surface area contributed by atoms with Crippen molar-refractivity contribution in [3.05, 3.63) is 18.2 Å². The number of rotatable bonds is 3. The van der Waals surface area contributed by atoms with Crippen LogP contribution >= 0.6 is 0 Å². The van der Waals surface area contributed by atoms with E-state index in [1.54, 1.807) is 24.9 Å². The number of carboxylic acid groups (broad SMARTS) is 1. The first-order valence-electron chi connectivity index (χ1n) is 6.46. The van der Waals surface area contributed by atoms with Crippen molar-refractivity contribution in [2.45, 2.75) is 38.6 Å². The van der Waals surface area contributed by atoms with E-state index in [0.29, 0.717) is 18.5 Å². The lowest BCUT2D eigenvalue weighted by Crippen LogP contribution is -2.52. The number of amides is 1. The summed E-state index contributed by atoms with van der Waals surface area (Å²) in [4.78, 5) is 27.5. The molecule has 0 radical (unpaired) electrons. The molecule has 1 heterocycles. The van der Waals surface area contributed by atoms with Gasteiger partial charge in [-0.25, -0.2) is 4.98 Å². The zero-order valence-electron chi connectivity index (χ0n) is 11.2. The van der Waals surface area contributed by atoms with Crippen LogP contribution in [0.15, 0.2) is 12.5 Å². The fourth-order valence-electron chi connectivity index (χ4n) is 2.63. The lowest BCUT2D eigenvalue weighted by Gasteiger charge is -2.38. The number of aromatic nitrogens is 2. The number of aryl methyl sites for hydroxylation is 1. The number of carboxylic acids is 1. The molecule has 0 aromatic carbocycles. The number of carbonyl (C=O) groups excluding carboxylic acids is 1. The Morgan fingerprint density at radius 1 is 1.53 bits per heavy atom. The molecule has 6 nitrogen and oxygen atoms in total. The number of nitrogens with zero attached hydrogens (tertiary/aromatic N) is 2. The normalized spacial score (nSPS) is 26.9. The Morgan fingerprint density at radius 3 is 2.84 bits per heavy atom. The van der Waals surface area contributed by atoms with Gasteiger partial charge in [-0.05, 0) is 19.8 Å². The number of aliphatic carboxylic acids is 1. The topological polar surface area (TPSA) is 84.2 Å². The van der Waals surface area contributed by atoms with Gasteiger partial charge in [0, 0.05) is 13.1 Å². The molecular weight excluding hydrogens is 246 g/mol. The molecule has 6 heteroatoms. The van der Waals surface area contributed by atoms with Crippen LogP contribution < -0.4 is 5.32 Å². The number of hydrogen-bond acceptors (Lipinski definition) is 3. The zero-order valence-corrected chi connectivity index (χ0v) is 11.2. The van der Waals surface area contributed by atoms with Crippen LogP contribution in [0.5, 0.6) is 0 Å². The van der Waals surface area contributed by atoms with E-state index in [2.05, 4.69) is 10.3 Å². The molecule has 2 atom stereocenters. The van der Waals surface area contributed by atoms with Gasteiger partial charge in [0.05, 0.1) is 17.9 Å². The highest BCUT2D eigenvalue weighted by molar-refractivity contribution is 5.93. The Morgan fingerprint density at radius 2 is 2.26 bits per heavy atom. The van der Waals surface area contributed by atoms with Gasteiger partial charge in [0.25, 0.3) is 5.91 Å². The van der Waals surface area contributed by atoms with Gasteiger partial charge in [0.15, 0.2) is 0 Å². The summed E-state index contributed by atoms with van der Waals surface area (Å²) < 4.78 is 1.62. The highest BCUT2D eigenvalue weighted by Crippen LogP contribution is 2.36. The SMILES string of the molecule is Cn1cncc1C(=O)NC1CCCCC1(C)C(=O)O. The maximum absolute atomic E-state index is 12.1. The summed E-state index contributed by atoms with van der Waals surface area (Å²) in [5.74, 6) is -1.11. The minimum absolute atomic E-state index is 0.264. The summed E-state index contributed by atoms with van der Waals surface area (Å²) in [5.41, 5.74) is -0.440. The average molecular weight is 265 g/mol. The minimum Gasteiger partial charge on any atom is -0.481 e. The molecule has 0 spiro atoms. The van der Waals surface area contributed by atoms with Crippen LogP contribution in [0.3, 0.4) is 0 Å². The largest absolute Gasteiger partial charge is 0.481 e. The quantitative estimate of drug-likeness (QED) is 0.859. The van der Waals surface area contributed by atoms with Crippen LogP contribution in [0, 0.1) is 5.41 Å². The molecule has 1 aliphatic rings. The molecule has 19 heavy (non-hydrogen) atoms. The molecule has 0 saturated heterocycles. The van der Waals surface area contributed by atoms with Gasteiger partial charge in [0.1, 0.15) is 5.69 Å². The molecule has 1 aliphatic carbocycles. The second-order valence-electron chi connectivity index (χ2n) is 5.38. The Labute approximate surface area is 111 Å². The predicted octanol–water partition coefficient (Wildman–Crippen LogP) is 1.18. The molecular formula is C13H19N3O3. The molecule has 0 bridgehead atoms. The lowest BCUT2D eigenvalue weighted by atomic mass is 9.71. The summed E-state index contributed by atoms with van der Waals surface area (Å²) in [5, 5.41) is 12.3. The number of nitrogens with one attached hydrogen (secondary N) is 1. The van der Waals surface area contributed by atoms with Crippen molar-refractivity contribution < 1.29 is 14.7 Å². The van der Waals surface area contributed by atoms with E-state index in [1.807, 2.05) is 0 Å². The number of carbonyl (C=O) groups is 2. The summed E-state index contributed by atoms with van der Waals surface area (Å²) in [6, 6.07) is -0.332. The monoisotopic (exact) mass is 265 g/mol. The van der Waals surface area contributed by atoms with Crippen molar-refractivity contribution in [2.75, 3.05) is 0 Å². The van der Waals surface area contributed by atoms with Crippen molar-refractivity contribution in [2.24, 2.45) is 12.5 Å². The van der Waals surface area contributed by atoms with Crippen molar-refractivity contribution in [3.63, 3.8) is 0 Å². The van der Waals surface area contributed by atoms with E-state index in [0.717, 1.165) is 12.8 Å². The molecule has 1 aromatic rings. The lowest BCUT2D eigenvalue weighted by molar-refractivity contribution is -0.151. The molecule has 2 N–H and O–H groups in total. The molecule has 0 aliphatic heterocycles. The Hall–Kier alpha value is -1.85. The Kier molecular flexibility index (Phi) is 3.59. The second-order valence-corrected chi connectivity index (χ2v) is 5.38. The third kappa shape index (κ3) is 2.47. The van der Waals surface area contributed by atoms with Crippen LogP contribution in [0.2, 0.25) is 0 Å². The van der Waals surface area contributed by atoms with Gasteiger partial charge in [-0.15, -0.1) is 0 Å². The first-order valence-corrected chi connectivity index (χ1v) is 6.46. The molecule has 1 aromatic heterocycles. The van der Waals surface area contributed by atoms with E-state index in [-0.39, 0.29) is 11.9 Å². The van der Waals surface area contributed by atoms with Gasteiger partial charge in [-0.2, -0.15) is 0 Å². The molecule has 1 saturated carbocycles. The average Bonchev–Trinajstić information content (AvgIpc) is 2.78. The third-order valence-electron chi connectivity index (χ3n) is 4.05. The highest BCUT2D eigenvalue weighted by atomic mass is 16.4. The Balaban J connectivity index is 2.15.